The lowest BCUT2D eigenvalue weighted by Gasteiger charge is -2.29. The number of carbonyl (C=O) groups excluding carboxylic acids is 3. The standard InChI is InChI=1S/C24H34N2O4/c1-16(13-17(2)24(3,4)5)14-18-8-9-20(27)19(15-18)25-21(28)7-6-12-26-22(29)10-11-23(26)30/h8-11,15-17,27H,6-7,12-14H2,1-5H3,(H,25,28)/t16-,17?/m1/s1. The van der Waals surface area contributed by atoms with E-state index in [-0.39, 0.29) is 41.9 Å². The molecule has 0 aromatic heterocycles. The number of nitrogens with zero attached hydrogens (tertiary/aromatic N) is 1. The van der Waals surface area contributed by atoms with E-state index in [1.54, 1.807) is 6.07 Å². The van der Waals surface area contributed by atoms with E-state index in [0.717, 1.165) is 23.3 Å². The van der Waals surface area contributed by atoms with Gasteiger partial charge < -0.3 is 10.4 Å². The van der Waals surface area contributed by atoms with E-state index in [1.807, 2.05) is 12.1 Å². The maximum Gasteiger partial charge on any atom is 0.253 e. The molecule has 164 valence electrons. The molecular weight excluding hydrogens is 380 g/mol. The Bertz CT molecular complexity index is 805. The molecule has 1 aromatic rings. The Labute approximate surface area is 179 Å². The quantitative estimate of drug-likeness (QED) is 0.466. The second kappa shape index (κ2) is 9.92. The Morgan fingerprint density at radius 1 is 1.13 bits per heavy atom. The third-order valence-electron chi connectivity index (χ3n) is 5.84. The predicted molar refractivity (Wildman–Crippen MR) is 118 cm³/mol. The number of carbonyl (C=O) groups is 3. The van der Waals surface area contributed by atoms with Crippen LogP contribution in [0, 0.1) is 17.3 Å². The van der Waals surface area contributed by atoms with Crippen LogP contribution in [0.3, 0.4) is 0 Å². The van der Waals surface area contributed by atoms with Gasteiger partial charge in [-0.05, 0) is 54.2 Å². The predicted octanol–water partition coefficient (Wildman–Crippen LogP) is 4.29. The minimum atomic E-state index is -0.347. The molecule has 6 nitrogen and oxygen atoms in total. The largest absolute Gasteiger partial charge is 0.506 e. The number of aromatic hydroxyl groups is 1. The van der Waals surface area contributed by atoms with Crippen molar-refractivity contribution in [1.82, 2.24) is 4.90 Å². The zero-order valence-corrected chi connectivity index (χ0v) is 18.7. The third kappa shape index (κ3) is 6.71. The van der Waals surface area contributed by atoms with E-state index in [0.29, 0.717) is 23.9 Å². The molecule has 0 saturated heterocycles. The molecule has 6 heteroatoms. The molecule has 0 fully saturated rings. The van der Waals surface area contributed by atoms with E-state index >= 15 is 0 Å². The molecule has 0 radical (unpaired) electrons. The molecule has 1 aromatic carbocycles. The Morgan fingerprint density at radius 3 is 2.37 bits per heavy atom. The highest BCUT2D eigenvalue weighted by Gasteiger charge is 2.23. The van der Waals surface area contributed by atoms with Gasteiger partial charge in [-0.3, -0.25) is 19.3 Å². The Morgan fingerprint density at radius 2 is 1.77 bits per heavy atom. The monoisotopic (exact) mass is 414 g/mol. The van der Waals surface area contributed by atoms with Crippen molar-refractivity contribution < 1.29 is 19.5 Å². The smallest absolute Gasteiger partial charge is 0.253 e. The minimum Gasteiger partial charge on any atom is -0.506 e. The highest BCUT2D eigenvalue weighted by molar-refractivity contribution is 6.12. The number of hydrogen-bond donors (Lipinski definition) is 2. The van der Waals surface area contributed by atoms with Gasteiger partial charge in [-0.2, -0.15) is 0 Å². The SMILES string of the molecule is CC(C[C@@H](C)Cc1ccc(O)c(NC(=O)CCCN2C(=O)C=CC2=O)c1)C(C)(C)C. The van der Waals surface area contributed by atoms with Crippen LogP contribution in [-0.2, 0) is 20.8 Å². The fraction of sp³-hybridized carbons (Fsp3) is 0.542. The minimum absolute atomic E-state index is 0.0249. The summed E-state index contributed by atoms with van der Waals surface area (Å²) in [7, 11) is 0. The van der Waals surface area contributed by atoms with Crippen molar-refractivity contribution in [3.63, 3.8) is 0 Å². The van der Waals surface area contributed by atoms with E-state index in [9.17, 15) is 19.5 Å². The zero-order chi connectivity index (χ0) is 22.5. The lowest BCUT2D eigenvalue weighted by molar-refractivity contribution is -0.137. The first-order valence-electron chi connectivity index (χ1n) is 10.6. The Kier molecular flexibility index (Phi) is 7.82. The summed E-state index contributed by atoms with van der Waals surface area (Å²) >= 11 is 0. The van der Waals surface area contributed by atoms with Crippen LogP contribution in [-0.4, -0.2) is 34.3 Å². The molecule has 2 N–H and O–H groups in total. The molecule has 0 aliphatic carbocycles. The van der Waals surface area contributed by atoms with E-state index in [1.165, 1.54) is 12.2 Å². The summed E-state index contributed by atoms with van der Waals surface area (Å²) in [4.78, 5) is 36.4. The summed E-state index contributed by atoms with van der Waals surface area (Å²) in [5.41, 5.74) is 1.72. The number of amides is 3. The Hall–Kier alpha value is -2.63. The van der Waals surface area contributed by atoms with Crippen molar-refractivity contribution in [2.24, 2.45) is 17.3 Å². The number of hydrogen-bond acceptors (Lipinski definition) is 4. The van der Waals surface area contributed by atoms with Crippen molar-refractivity contribution in [3.05, 3.63) is 35.9 Å². The molecular formula is C24H34N2O4. The summed E-state index contributed by atoms with van der Waals surface area (Å²) in [5.74, 6) is 0.145. The number of rotatable bonds is 9. The van der Waals surface area contributed by atoms with Crippen LogP contribution in [0.4, 0.5) is 5.69 Å². The first kappa shape index (κ1) is 23.6. The van der Waals surface area contributed by atoms with Crippen molar-refractivity contribution >= 4 is 23.4 Å². The van der Waals surface area contributed by atoms with Crippen molar-refractivity contribution in [1.29, 1.82) is 0 Å². The number of imide groups is 1. The maximum atomic E-state index is 12.3. The average Bonchev–Trinajstić information content (AvgIpc) is 2.95. The number of phenols is 1. The van der Waals surface area contributed by atoms with Gasteiger partial charge in [0.05, 0.1) is 5.69 Å². The molecule has 2 rings (SSSR count). The van der Waals surface area contributed by atoms with Gasteiger partial charge in [0.25, 0.3) is 11.8 Å². The van der Waals surface area contributed by atoms with Gasteiger partial charge in [0.15, 0.2) is 0 Å². The molecule has 2 atom stereocenters. The average molecular weight is 415 g/mol. The summed E-state index contributed by atoms with van der Waals surface area (Å²) < 4.78 is 0. The van der Waals surface area contributed by atoms with Gasteiger partial charge in [-0.15, -0.1) is 0 Å². The van der Waals surface area contributed by atoms with Crippen LogP contribution in [0.15, 0.2) is 30.4 Å². The summed E-state index contributed by atoms with van der Waals surface area (Å²) in [6, 6.07) is 5.32. The molecule has 1 aliphatic heterocycles. The zero-order valence-electron chi connectivity index (χ0n) is 18.7. The van der Waals surface area contributed by atoms with E-state index in [4.69, 9.17) is 0 Å². The number of benzene rings is 1. The molecule has 3 amide bonds. The lowest BCUT2D eigenvalue weighted by Crippen LogP contribution is -2.31. The molecule has 1 heterocycles. The van der Waals surface area contributed by atoms with Crippen LogP contribution < -0.4 is 5.32 Å². The van der Waals surface area contributed by atoms with Crippen LogP contribution in [0.2, 0.25) is 0 Å². The summed E-state index contributed by atoms with van der Waals surface area (Å²) in [5, 5.41) is 12.9. The first-order valence-corrected chi connectivity index (χ1v) is 10.6. The lowest BCUT2D eigenvalue weighted by atomic mass is 9.76. The van der Waals surface area contributed by atoms with Crippen molar-refractivity contribution in [3.8, 4) is 5.75 Å². The molecule has 1 aliphatic rings. The number of nitrogens with one attached hydrogen (secondary N) is 1. The van der Waals surface area contributed by atoms with E-state index in [2.05, 4.69) is 39.9 Å². The van der Waals surface area contributed by atoms with Gasteiger partial charge in [-0.1, -0.05) is 40.7 Å². The number of phenolic OH excluding ortho intramolecular Hbond substituents is 1. The normalized spacial score (nSPS) is 16.1. The second-order valence-electron chi connectivity index (χ2n) is 9.48. The van der Waals surface area contributed by atoms with Crippen molar-refractivity contribution in [2.75, 3.05) is 11.9 Å². The van der Waals surface area contributed by atoms with Gasteiger partial charge in [-0.25, -0.2) is 0 Å². The fourth-order valence-corrected chi connectivity index (χ4v) is 3.52. The van der Waals surface area contributed by atoms with Gasteiger partial charge in [0.1, 0.15) is 5.75 Å². The Balaban J connectivity index is 1.87. The fourth-order valence-electron chi connectivity index (χ4n) is 3.52. The van der Waals surface area contributed by atoms with Gasteiger partial charge >= 0.3 is 0 Å². The molecule has 1 unspecified atom stereocenters. The molecule has 0 bridgehead atoms. The molecule has 0 spiro atoms. The van der Waals surface area contributed by atoms with Crippen LogP contribution in [0.1, 0.15) is 59.4 Å². The molecule has 0 saturated carbocycles. The van der Waals surface area contributed by atoms with Crippen LogP contribution in [0.5, 0.6) is 5.75 Å². The topological polar surface area (TPSA) is 86.7 Å². The number of anilines is 1. The highest BCUT2D eigenvalue weighted by Crippen LogP contribution is 2.32. The molecule has 30 heavy (non-hydrogen) atoms. The van der Waals surface area contributed by atoms with Gasteiger partial charge in [0.2, 0.25) is 5.91 Å². The van der Waals surface area contributed by atoms with Gasteiger partial charge in [0, 0.05) is 25.1 Å². The second-order valence-corrected chi connectivity index (χ2v) is 9.48. The summed E-state index contributed by atoms with van der Waals surface area (Å²) in [6.07, 6.45) is 4.96. The van der Waals surface area contributed by atoms with Crippen LogP contribution in [0.25, 0.3) is 0 Å². The third-order valence-corrected chi connectivity index (χ3v) is 5.84. The highest BCUT2D eigenvalue weighted by atomic mass is 16.3. The summed E-state index contributed by atoms with van der Waals surface area (Å²) in [6.45, 7) is 11.5. The van der Waals surface area contributed by atoms with E-state index < -0.39 is 0 Å². The van der Waals surface area contributed by atoms with Crippen LogP contribution >= 0.6 is 0 Å². The maximum absolute atomic E-state index is 12.3. The van der Waals surface area contributed by atoms with Crippen molar-refractivity contribution in [2.45, 2.75) is 60.3 Å². The first-order chi connectivity index (χ1) is 14.0.